The summed E-state index contributed by atoms with van der Waals surface area (Å²) < 4.78 is 5.60. The van der Waals surface area contributed by atoms with Crippen molar-refractivity contribution in [1.29, 1.82) is 0 Å². The SMILES string of the molecule is Cc1cc(OCC(=O)CC23CC(NC(=O)c4cccnc4)(C2)C3)ccc1Cl. The Morgan fingerprint density at radius 2 is 2.04 bits per heavy atom. The van der Waals surface area contributed by atoms with Crippen LogP contribution in [0.2, 0.25) is 5.02 Å². The van der Waals surface area contributed by atoms with Crippen LogP contribution in [-0.2, 0) is 4.79 Å². The first kappa shape index (κ1) is 18.0. The fraction of sp³-hybridized carbons (Fsp3) is 0.381. The Labute approximate surface area is 163 Å². The summed E-state index contributed by atoms with van der Waals surface area (Å²) in [6.07, 6.45) is 6.29. The summed E-state index contributed by atoms with van der Waals surface area (Å²) in [4.78, 5) is 28.5. The predicted molar refractivity (Wildman–Crippen MR) is 102 cm³/mol. The number of carbonyl (C=O) groups is 2. The predicted octanol–water partition coefficient (Wildman–Crippen LogP) is 3.73. The van der Waals surface area contributed by atoms with E-state index < -0.39 is 0 Å². The van der Waals surface area contributed by atoms with Crippen LogP contribution in [0.5, 0.6) is 5.75 Å². The molecule has 27 heavy (non-hydrogen) atoms. The maximum absolute atomic E-state index is 12.3. The molecule has 0 atom stereocenters. The van der Waals surface area contributed by atoms with Gasteiger partial charge in [0, 0.05) is 29.4 Å². The van der Waals surface area contributed by atoms with Gasteiger partial charge in [-0.3, -0.25) is 14.6 Å². The second-order valence-electron chi connectivity index (χ2n) is 7.92. The molecular weight excluding hydrogens is 364 g/mol. The smallest absolute Gasteiger partial charge is 0.253 e. The van der Waals surface area contributed by atoms with Gasteiger partial charge in [0.25, 0.3) is 5.91 Å². The highest BCUT2D eigenvalue weighted by molar-refractivity contribution is 6.31. The van der Waals surface area contributed by atoms with Crippen LogP contribution in [0.1, 0.15) is 41.6 Å². The molecule has 1 N–H and O–H groups in total. The van der Waals surface area contributed by atoms with Gasteiger partial charge in [-0.25, -0.2) is 0 Å². The van der Waals surface area contributed by atoms with Gasteiger partial charge in [0.1, 0.15) is 12.4 Å². The summed E-state index contributed by atoms with van der Waals surface area (Å²) in [6, 6.07) is 8.88. The molecule has 2 bridgehead atoms. The van der Waals surface area contributed by atoms with Crippen molar-refractivity contribution in [3.05, 3.63) is 58.9 Å². The van der Waals surface area contributed by atoms with Crippen LogP contribution in [0.15, 0.2) is 42.7 Å². The van der Waals surface area contributed by atoms with E-state index in [-0.39, 0.29) is 29.3 Å². The van der Waals surface area contributed by atoms with Crippen LogP contribution >= 0.6 is 11.6 Å². The van der Waals surface area contributed by atoms with Crippen molar-refractivity contribution in [2.75, 3.05) is 6.61 Å². The standard InChI is InChI=1S/C21H21ClN2O3/c1-14-7-17(4-5-18(14)22)27-10-16(25)8-20-11-21(12-20,13-20)24-19(26)15-3-2-6-23-9-15/h2-7,9H,8,10-13H2,1H3,(H,24,26). The quantitative estimate of drug-likeness (QED) is 0.789. The Hall–Kier alpha value is -2.40. The lowest BCUT2D eigenvalue weighted by Gasteiger charge is -2.70. The number of aryl methyl sites for hydroxylation is 1. The molecule has 1 heterocycles. The van der Waals surface area contributed by atoms with Gasteiger partial charge >= 0.3 is 0 Å². The van der Waals surface area contributed by atoms with Crippen molar-refractivity contribution in [3.63, 3.8) is 0 Å². The van der Waals surface area contributed by atoms with Crippen LogP contribution in [0.25, 0.3) is 0 Å². The van der Waals surface area contributed by atoms with E-state index in [1.54, 1.807) is 36.7 Å². The van der Waals surface area contributed by atoms with Crippen LogP contribution in [0.4, 0.5) is 0 Å². The van der Waals surface area contributed by atoms with Crippen molar-refractivity contribution in [2.24, 2.45) is 5.41 Å². The molecule has 3 aliphatic carbocycles. The molecule has 6 heteroatoms. The van der Waals surface area contributed by atoms with Gasteiger partial charge in [-0.2, -0.15) is 0 Å². The minimum atomic E-state index is -0.138. The number of ketones is 1. The number of nitrogens with zero attached hydrogens (tertiary/aromatic N) is 1. The summed E-state index contributed by atoms with van der Waals surface area (Å²) in [5.41, 5.74) is 1.39. The van der Waals surface area contributed by atoms with Crippen LogP contribution in [-0.4, -0.2) is 28.8 Å². The Bertz CT molecular complexity index is 878. The number of aromatic nitrogens is 1. The molecule has 3 aliphatic rings. The van der Waals surface area contributed by atoms with E-state index in [2.05, 4.69) is 10.3 Å². The molecule has 1 amide bonds. The molecule has 0 spiro atoms. The van der Waals surface area contributed by atoms with E-state index in [9.17, 15) is 9.59 Å². The molecule has 5 nitrogen and oxygen atoms in total. The number of nitrogens with one attached hydrogen (secondary N) is 1. The zero-order valence-electron chi connectivity index (χ0n) is 15.1. The monoisotopic (exact) mass is 384 g/mol. The number of amides is 1. The van der Waals surface area contributed by atoms with Crippen molar-refractivity contribution in [2.45, 2.75) is 38.1 Å². The molecule has 1 aromatic carbocycles. The molecular formula is C21H21ClN2O3. The fourth-order valence-corrected chi connectivity index (χ4v) is 4.59. The van der Waals surface area contributed by atoms with Gasteiger partial charge in [-0.05, 0) is 67.5 Å². The Morgan fingerprint density at radius 1 is 1.26 bits per heavy atom. The Morgan fingerprint density at radius 3 is 2.70 bits per heavy atom. The number of halogens is 1. The highest BCUT2D eigenvalue weighted by Crippen LogP contribution is 2.69. The maximum atomic E-state index is 12.3. The third-order valence-electron chi connectivity index (χ3n) is 5.54. The highest BCUT2D eigenvalue weighted by atomic mass is 35.5. The maximum Gasteiger partial charge on any atom is 0.253 e. The summed E-state index contributed by atoms with van der Waals surface area (Å²) >= 11 is 5.99. The molecule has 5 rings (SSSR count). The van der Waals surface area contributed by atoms with E-state index in [0.29, 0.717) is 22.8 Å². The van der Waals surface area contributed by atoms with Gasteiger partial charge in [0.05, 0.1) is 5.56 Å². The molecule has 0 radical (unpaired) electrons. The molecule has 1 aromatic heterocycles. The van der Waals surface area contributed by atoms with E-state index in [0.717, 1.165) is 24.8 Å². The Balaban J connectivity index is 1.24. The van der Waals surface area contributed by atoms with Crippen molar-refractivity contribution < 1.29 is 14.3 Å². The van der Waals surface area contributed by atoms with Crippen LogP contribution in [0.3, 0.4) is 0 Å². The van der Waals surface area contributed by atoms with E-state index in [1.165, 1.54) is 0 Å². The molecule has 0 unspecified atom stereocenters. The average molecular weight is 385 g/mol. The summed E-state index contributed by atoms with van der Waals surface area (Å²) in [5.74, 6) is 0.654. The second-order valence-corrected chi connectivity index (χ2v) is 8.33. The lowest BCUT2D eigenvalue weighted by molar-refractivity contribution is -0.162. The molecule has 140 valence electrons. The first-order valence-electron chi connectivity index (χ1n) is 9.02. The number of carbonyl (C=O) groups excluding carboxylic acids is 2. The second kappa shape index (κ2) is 6.64. The number of Topliss-reactive ketones (excluding diaryl/α,β-unsaturated/α-hetero) is 1. The summed E-state index contributed by atoms with van der Waals surface area (Å²) in [7, 11) is 0. The number of rotatable bonds is 7. The van der Waals surface area contributed by atoms with Crippen molar-refractivity contribution in [3.8, 4) is 5.75 Å². The number of ether oxygens (including phenoxy) is 1. The number of pyridine rings is 1. The summed E-state index contributed by atoms with van der Waals surface area (Å²) in [5, 5.41) is 3.79. The lowest BCUT2D eigenvalue weighted by atomic mass is 9.38. The molecule has 0 aliphatic heterocycles. The third-order valence-corrected chi connectivity index (χ3v) is 5.97. The van der Waals surface area contributed by atoms with E-state index >= 15 is 0 Å². The molecule has 0 saturated heterocycles. The van der Waals surface area contributed by atoms with Gasteiger partial charge < -0.3 is 10.1 Å². The molecule has 2 aromatic rings. The minimum Gasteiger partial charge on any atom is -0.486 e. The highest BCUT2D eigenvalue weighted by Gasteiger charge is 2.68. The van der Waals surface area contributed by atoms with Gasteiger partial charge in [-0.1, -0.05) is 11.6 Å². The zero-order valence-corrected chi connectivity index (χ0v) is 15.9. The zero-order chi connectivity index (χ0) is 19.1. The van der Waals surface area contributed by atoms with Crippen LogP contribution in [0, 0.1) is 12.3 Å². The normalized spacial score (nSPS) is 25.1. The molecule has 3 fully saturated rings. The van der Waals surface area contributed by atoms with Gasteiger partial charge in [-0.15, -0.1) is 0 Å². The lowest BCUT2D eigenvalue weighted by Crippen LogP contribution is -2.75. The first-order valence-corrected chi connectivity index (χ1v) is 9.40. The van der Waals surface area contributed by atoms with E-state index in [4.69, 9.17) is 16.3 Å². The van der Waals surface area contributed by atoms with Crippen LogP contribution < -0.4 is 10.1 Å². The third kappa shape index (κ3) is 3.56. The van der Waals surface area contributed by atoms with Gasteiger partial charge in [0.2, 0.25) is 0 Å². The summed E-state index contributed by atoms with van der Waals surface area (Å²) in [6.45, 7) is 1.97. The first-order chi connectivity index (χ1) is 12.9. The van der Waals surface area contributed by atoms with Crippen molar-refractivity contribution >= 4 is 23.3 Å². The largest absolute Gasteiger partial charge is 0.486 e. The molecule has 3 saturated carbocycles. The number of benzene rings is 1. The average Bonchev–Trinajstić information content (AvgIpc) is 2.60. The number of hydrogen-bond acceptors (Lipinski definition) is 4. The minimum absolute atomic E-state index is 0.0403. The number of hydrogen-bond donors (Lipinski definition) is 1. The fourth-order valence-electron chi connectivity index (χ4n) is 4.47. The van der Waals surface area contributed by atoms with Crippen molar-refractivity contribution in [1.82, 2.24) is 10.3 Å². The topological polar surface area (TPSA) is 68.3 Å². The van der Waals surface area contributed by atoms with Gasteiger partial charge in [0.15, 0.2) is 5.78 Å². The Kier molecular flexibility index (Phi) is 4.42. The van der Waals surface area contributed by atoms with E-state index in [1.807, 2.05) is 13.0 Å².